The Kier molecular flexibility index (Phi) is 6.69. The quantitative estimate of drug-likeness (QED) is 0.546. The maximum Gasteiger partial charge on any atom is 0.264 e. The molecule has 8 heteroatoms. The van der Waals surface area contributed by atoms with Crippen LogP contribution in [0.15, 0.2) is 82.6 Å². The van der Waals surface area contributed by atoms with Gasteiger partial charge in [0.1, 0.15) is 5.75 Å². The number of nitrogens with one attached hydrogen (secondary N) is 1. The minimum absolute atomic E-state index is 0.154. The second-order valence-electron chi connectivity index (χ2n) is 6.35. The van der Waals surface area contributed by atoms with Crippen molar-refractivity contribution in [2.75, 3.05) is 30.0 Å². The lowest BCUT2D eigenvalue weighted by molar-refractivity contribution is 0.102. The van der Waals surface area contributed by atoms with Gasteiger partial charge in [0.05, 0.1) is 23.4 Å². The van der Waals surface area contributed by atoms with Gasteiger partial charge in [-0.05, 0) is 66.9 Å². The van der Waals surface area contributed by atoms with Gasteiger partial charge in [-0.3, -0.25) is 9.10 Å². The number of hydrogen-bond donors (Lipinski definition) is 1. The number of amides is 1. The summed E-state index contributed by atoms with van der Waals surface area (Å²) in [5.41, 5.74) is 1.62. The smallest absolute Gasteiger partial charge is 0.264 e. The fourth-order valence-corrected chi connectivity index (χ4v) is 4.56. The third kappa shape index (κ3) is 4.60. The molecule has 0 aliphatic carbocycles. The summed E-state index contributed by atoms with van der Waals surface area (Å²) in [6, 6.07) is 20.2. The highest BCUT2D eigenvalue weighted by molar-refractivity contribution is 7.98. The summed E-state index contributed by atoms with van der Waals surface area (Å²) in [4.78, 5) is 13.7. The maximum atomic E-state index is 12.9. The molecule has 1 N–H and O–H groups in total. The Balaban J connectivity index is 1.77. The molecule has 0 aromatic heterocycles. The standard InChI is InChI=1S/C22H22N2O4S2/c1-24(30(26,27)19-14-12-18(28-2)13-15-19)17-10-8-16(9-11-17)22(25)23-20-6-4-5-7-21(20)29-3/h4-15H,1-3H3,(H,23,25). The number of benzene rings is 3. The van der Waals surface area contributed by atoms with Gasteiger partial charge in [0.15, 0.2) is 0 Å². The van der Waals surface area contributed by atoms with Crippen molar-refractivity contribution in [3.8, 4) is 5.75 Å². The molecule has 0 aliphatic rings. The second kappa shape index (κ2) is 9.23. The van der Waals surface area contributed by atoms with Crippen LogP contribution in [0.1, 0.15) is 10.4 Å². The van der Waals surface area contributed by atoms with Gasteiger partial charge in [0, 0.05) is 17.5 Å². The average molecular weight is 443 g/mol. The summed E-state index contributed by atoms with van der Waals surface area (Å²) >= 11 is 1.55. The van der Waals surface area contributed by atoms with E-state index >= 15 is 0 Å². The van der Waals surface area contributed by atoms with Crippen LogP contribution in [0.4, 0.5) is 11.4 Å². The fourth-order valence-electron chi connectivity index (χ4n) is 2.81. The zero-order valence-electron chi connectivity index (χ0n) is 16.8. The van der Waals surface area contributed by atoms with Gasteiger partial charge < -0.3 is 10.1 Å². The Bertz CT molecular complexity index is 1130. The number of rotatable bonds is 7. The van der Waals surface area contributed by atoms with E-state index in [-0.39, 0.29) is 10.8 Å². The van der Waals surface area contributed by atoms with Gasteiger partial charge in [-0.25, -0.2) is 8.42 Å². The maximum absolute atomic E-state index is 12.9. The Morgan fingerprint density at radius 3 is 2.20 bits per heavy atom. The Morgan fingerprint density at radius 2 is 1.60 bits per heavy atom. The predicted molar refractivity (Wildman–Crippen MR) is 121 cm³/mol. The molecule has 0 spiro atoms. The summed E-state index contributed by atoms with van der Waals surface area (Å²) in [6.45, 7) is 0. The number of thioether (sulfide) groups is 1. The number of carbonyl (C=O) groups is 1. The molecule has 0 radical (unpaired) electrons. The van der Waals surface area contributed by atoms with E-state index in [2.05, 4.69) is 5.32 Å². The van der Waals surface area contributed by atoms with Crippen molar-refractivity contribution >= 4 is 39.1 Å². The van der Waals surface area contributed by atoms with Crippen molar-refractivity contribution in [2.24, 2.45) is 0 Å². The Labute approximate surface area is 180 Å². The van der Waals surface area contributed by atoms with Crippen molar-refractivity contribution in [3.63, 3.8) is 0 Å². The third-order valence-electron chi connectivity index (χ3n) is 4.57. The second-order valence-corrected chi connectivity index (χ2v) is 9.17. The summed E-state index contributed by atoms with van der Waals surface area (Å²) < 4.78 is 32.0. The lowest BCUT2D eigenvalue weighted by Gasteiger charge is -2.20. The summed E-state index contributed by atoms with van der Waals surface area (Å²) in [7, 11) is -0.737. The van der Waals surface area contributed by atoms with Crippen LogP contribution in [0.25, 0.3) is 0 Å². The molecule has 3 rings (SSSR count). The number of ether oxygens (including phenoxy) is 1. The number of methoxy groups -OCH3 is 1. The van der Waals surface area contributed by atoms with Crippen molar-refractivity contribution in [1.82, 2.24) is 0 Å². The van der Waals surface area contributed by atoms with Crippen LogP contribution >= 0.6 is 11.8 Å². The molecular weight excluding hydrogens is 420 g/mol. The first-order valence-electron chi connectivity index (χ1n) is 9.04. The van der Waals surface area contributed by atoms with Crippen LogP contribution in [0.3, 0.4) is 0 Å². The molecular formula is C22H22N2O4S2. The zero-order valence-corrected chi connectivity index (χ0v) is 18.5. The first-order chi connectivity index (χ1) is 14.4. The molecule has 0 heterocycles. The molecule has 30 heavy (non-hydrogen) atoms. The van der Waals surface area contributed by atoms with E-state index in [1.807, 2.05) is 30.5 Å². The van der Waals surface area contributed by atoms with Crippen LogP contribution in [-0.4, -0.2) is 34.7 Å². The van der Waals surface area contributed by atoms with Crippen molar-refractivity contribution in [2.45, 2.75) is 9.79 Å². The van der Waals surface area contributed by atoms with E-state index in [0.29, 0.717) is 17.0 Å². The number of nitrogens with zero attached hydrogens (tertiary/aromatic N) is 1. The first-order valence-corrected chi connectivity index (χ1v) is 11.7. The van der Waals surface area contributed by atoms with E-state index in [4.69, 9.17) is 4.74 Å². The number of para-hydroxylation sites is 1. The summed E-state index contributed by atoms with van der Waals surface area (Å²) in [5.74, 6) is 0.318. The highest BCUT2D eigenvalue weighted by Crippen LogP contribution is 2.26. The number of carbonyl (C=O) groups excluding carboxylic acids is 1. The van der Waals surface area contributed by atoms with Gasteiger partial charge in [-0.1, -0.05) is 12.1 Å². The van der Waals surface area contributed by atoms with E-state index < -0.39 is 10.0 Å². The summed E-state index contributed by atoms with van der Waals surface area (Å²) in [5, 5.41) is 2.89. The van der Waals surface area contributed by atoms with Gasteiger partial charge in [-0.2, -0.15) is 0 Å². The fraction of sp³-hybridized carbons (Fsp3) is 0.136. The van der Waals surface area contributed by atoms with Crippen LogP contribution < -0.4 is 14.4 Å². The molecule has 0 saturated carbocycles. The van der Waals surface area contributed by atoms with E-state index in [1.54, 1.807) is 48.2 Å². The first kappa shape index (κ1) is 21.7. The monoisotopic (exact) mass is 442 g/mol. The number of anilines is 2. The van der Waals surface area contributed by atoms with Crippen molar-refractivity contribution in [3.05, 3.63) is 78.4 Å². The van der Waals surface area contributed by atoms with Gasteiger partial charge in [0.25, 0.3) is 15.9 Å². The molecule has 1 amide bonds. The highest BCUT2D eigenvalue weighted by Gasteiger charge is 2.21. The van der Waals surface area contributed by atoms with Gasteiger partial charge >= 0.3 is 0 Å². The lowest BCUT2D eigenvalue weighted by atomic mass is 10.2. The average Bonchev–Trinajstić information content (AvgIpc) is 2.79. The van der Waals surface area contributed by atoms with Crippen molar-refractivity contribution < 1.29 is 17.9 Å². The van der Waals surface area contributed by atoms with Crippen molar-refractivity contribution in [1.29, 1.82) is 0 Å². The molecule has 0 aliphatic heterocycles. The predicted octanol–water partition coefficient (Wildman–Crippen LogP) is 4.49. The number of sulfonamides is 1. The van der Waals surface area contributed by atoms with Crippen LogP contribution in [-0.2, 0) is 10.0 Å². The molecule has 3 aromatic rings. The summed E-state index contributed by atoms with van der Waals surface area (Å²) in [6.07, 6.45) is 1.94. The highest BCUT2D eigenvalue weighted by atomic mass is 32.2. The normalized spacial score (nSPS) is 11.0. The van der Waals surface area contributed by atoms with Gasteiger partial charge in [-0.15, -0.1) is 11.8 Å². The SMILES string of the molecule is COc1ccc(S(=O)(=O)N(C)c2ccc(C(=O)Nc3ccccc3SC)cc2)cc1. The molecule has 0 bridgehead atoms. The van der Waals surface area contributed by atoms with E-state index in [1.165, 1.54) is 30.6 Å². The van der Waals surface area contributed by atoms with Crippen LogP contribution in [0.5, 0.6) is 5.75 Å². The lowest BCUT2D eigenvalue weighted by Crippen LogP contribution is -2.26. The molecule has 6 nitrogen and oxygen atoms in total. The minimum Gasteiger partial charge on any atom is -0.497 e. The molecule has 0 unspecified atom stereocenters. The third-order valence-corrected chi connectivity index (χ3v) is 7.16. The topological polar surface area (TPSA) is 75.7 Å². The van der Waals surface area contributed by atoms with Gasteiger partial charge in [0.2, 0.25) is 0 Å². The van der Waals surface area contributed by atoms with E-state index in [9.17, 15) is 13.2 Å². The van der Waals surface area contributed by atoms with Crippen LogP contribution in [0.2, 0.25) is 0 Å². The Morgan fingerprint density at radius 1 is 0.967 bits per heavy atom. The molecule has 0 fully saturated rings. The van der Waals surface area contributed by atoms with Crippen LogP contribution in [0, 0.1) is 0 Å². The molecule has 0 saturated heterocycles. The zero-order chi connectivity index (χ0) is 21.7. The minimum atomic E-state index is -3.73. The van der Waals surface area contributed by atoms with E-state index in [0.717, 1.165) is 10.6 Å². The molecule has 0 atom stereocenters. The largest absolute Gasteiger partial charge is 0.497 e. The molecule has 156 valence electrons. The number of hydrogen-bond acceptors (Lipinski definition) is 5. The Hall–Kier alpha value is -2.97. The molecule has 3 aromatic carbocycles.